The Morgan fingerprint density at radius 3 is 2.50 bits per heavy atom. The zero-order valence-corrected chi connectivity index (χ0v) is 8.87. The van der Waals surface area contributed by atoms with Gasteiger partial charge < -0.3 is 0 Å². The van der Waals surface area contributed by atoms with Gasteiger partial charge in [-0.1, -0.05) is 20.8 Å². The lowest BCUT2D eigenvalue weighted by Gasteiger charge is -2.21. The molecule has 0 fully saturated rings. The molecule has 3 N–H and O–H groups in total. The van der Waals surface area contributed by atoms with Crippen LogP contribution in [-0.4, -0.2) is 16.5 Å². The summed E-state index contributed by atoms with van der Waals surface area (Å²) in [5, 5.41) is 0. The van der Waals surface area contributed by atoms with Crippen molar-refractivity contribution < 1.29 is 0 Å². The molecule has 1 unspecified atom stereocenters. The van der Waals surface area contributed by atoms with Crippen molar-refractivity contribution in [1.82, 2.24) is 5.43 Å². The SMILES string of the molecule is C#CCC(CSC(C)(C)C)NN. The second-order valence-electron chi connectivity index (χ2n) is 3.70. The average molecular weight is 186 g/mol. The zero-order valence-electron chi connectivity index (χ0n) is 8.05. The maximum absolute atomic E-state index is 5.33. The lowest BCUT2D eigenvalue weighted by molar-refractivity contribution is 0.589. The van der Waals surface area contributed by atoms with E-state index >= 15 is 0 Å². The molecule has 0 aromatic heterocycles. The van der Waals surface area contributed by atoms with Crippen LogP contribution in [0.1, 0.15) is 27.2 Å². The van der Waals surface area contributed by atoms with Crippen LogP contribution in [0.2, 0.25) is 0 Å². The number of nitrogens with two attached hydrogens (primary N) is 1. The van der Waals surface area contributed by atoms with Crippen LogP contribution in [0.15, 0.2) is 0 Å². The van der Waals surface area contributed by atoms with Crippen molar-refractivity contribution in [2.75, 3.05) is 5.75 Å². The topological polar surface area (TPSA) is 38.0 Å². The molecule has 3 heteroatoms. The second-order valence-corrected chi connectivity index (χ2v) is 5.54. The number of terminal acetylenes is 1. The minimum absolute atomic E-state index is 0.235. The Morgan fingerprint density at radius 2 is 2.17 bits per heavy atom. The fourth-order valence-electron chi connectivity index (χ4n) is 0.659. The third-order valence-corrected chi connectivity index (χ3v) is 2.75. The first-order valence-electron chi connectivity index (χ1n) is 4.03. The van der Waals surface area contributed by atoms with Crippen molar-refractivity contribution in [2.45, 2.75) is 38.0 Å². The van der Waals surface area contributed by atoms with Crippen LogP contribution >= 0.6 is 11.8 Å². The van der Waals surface area contributed by atoms with Crippen molar-refractivity contribution >= 4 is 11.8 Å². The third kappa shape index (κ3) is 6.53. The average Bonchev–Trinajstić information content (AvgIpc) is 1.96. The second kappa shape index (κ2) is 5.47. The molecule has 0 radical (unpaired) electrons. The van der Waals surface area contributed by atoms with E-state index in [0.717, 1.165) is 5.75 Å². The molecule has 0 saturated carbocycles. The molecule has 0 rings (SSSR count). The molecule has 12 heavy (non-hydrogen) atoms. The maximum Gasteiger partial charge on any atom is 0.0410 e. The summed E-state index contributed by atoms with van der Waals surface area (Å²) in [6, 6.07) is 0.235. The Bertz CT molecular complexity index is 155. The van der Waals surface area contributed by atoms with Gasteiger partial charge in [0.1, 0.15) is 0 Å². The Labute approximate surface area is 79.6 Å². The monoisotopic (exact) mass is 186 g/mol. The summed E-state index contributed by atoms with van der Waals surface area (Å²) in [5.41, 5.74) is 2.71. The summed E-state index contributed by atoms with van der Waals surface area (Å²) in [5.74, 6) is 8.89. The number of rotatable bonds is 4. The van der Waals surface area contributed by atoms with E-state index in [1.807, 2.05) is 11.8 Å². The summed E-state index contributed by atoms with van der Waals surface area (Å²) in [4.78, 5) is 0. The molecule has 0 heterocycles. The molecule has 0 bridgehead atoms. The van der Waals surface area contributed by atoms with Gasteiger partial charge in [-0.05, 0) is 0 Å². The highest BCUT2D eigenvalue weighted by Crippen LogP contribution is 2.23. The smallest absolute Gasteiger partial charge is 0.0410 e. The highest BCUT2D eigenvalue weighted by atomic mass is 32.2. The molecular weight excluding hydrogens is 168 g/mol. The van der Waals surface area contributed by atoms with Crippen molar-refractivity contribution in [2.24, 2.45) is 5.84 Å². The highest BCUT2D eigenvalue weighted by molar-refractivity contribution is 8.00. The van der Waals surface area contributed by atoms with E-state index in [1.165, 1.54) is 0 Å². The molecule has 0 spiro atoms. The Kier molecular flexibility index (Phi) is 5.39. The van der Waals surface area contributed by atoms with Gasteiger partial charge in [-0.2, -0.15) is 11.8 Å². The first-order chi connectivity index (χ1) is 5.49. The predicted molar refractivity (Wildman–Crippen MR) is 56.8 cm³/mol. The van der Waals surface area contributed by atoms with E-state index < -0.39 is 0 Å². The van der Waals surface area contributed by atoms with Gasteiger partial charge in [0, 0.05) is 23.0 Å². The Morgan fingerprint density at radius 1 is 1.58 bits per heavy atom. The maximum atomic E-state index is 5.33. The molecular formula is C9H18N2S. The fraction of sp³-hybridized carbons (Fsp3) is 0.778. The summed E-state index contributed by atoms with van der Waals surface area (Å²) >= 11 is 1.87. The van der Waals surface area contributed by atoms with E-state index in [-0.39, 0.29) is 10.8 Å². The number of nitrogens with one attached hydrogen (secondary N) is 1. The third-order valence-electron chi connectivity index (χ3n) is 1.32. The fourth-order valence-corrected chi connectivity index (χ4v) is 1.57. The molecule has 70 valence electrons. The largest absolute Gasteiger partial charge is 0.271 e. The first kappa shape index (κ1) is 11.8. The van der Waals surface area contributed by atoms with E-state index in [2.05, 4.69) is 32.1 Å². The minimum Gasteiger partial charge on any atom is -0.271 e. The number of hydrazine groups is 1. The lowest BCUT2D eigenvalue weighted by Crippen LogP contribution is -2.37. The molecule has 0 aliphatic rings. The molecule has 0 saturated heterocycles. The van der Waals surface area contributed by atoms with Crippen LogP contribution < -0.4 is 11.3 Å². The van der Waals surface area contributed by atoms with Gasteiger partial charge in [-0.15, -0.1) is 12.3 Å². The molecule has 0 aliphatic heterocycles. The molecule has 0 aromatic rings. The number of hydrogen-bond acceptors (Lipinski definition) is 3. The number of thioether (sulfide) groups is 1. The first-order valence-corrected chi connectivity index (χ1v) is 5.01. The van der Waals surface area contributed by atoms with Gasteiger partial charge in [0.25, 0.3) is 0 Å². The van der Waals surface area contributed by atoms with E-state index in [0.29, 0.717) is 6.42 Å². The van der Waals surface area contributed by atoms with E-state index in [9.17, 15) is 0 Å². The standard InChI is InChI=1S/C9H18N2S/c1-5-6-8(11-10)7-12-9(2,3)4/h1,8,11H,6-7,10H2,2-4H3. The summed E-state index contributed by atoms with van der Waals surface area (Å²) < 4.78 is 0.281. The van der Waals surface area contributed by atoms with Gasteiger partial charge in [0.05, 0.1) is 0 Å². The van der Waals surface area contributed by atoms with Crippen LogP contribution in [0.25, 0.3) is 0 Å². The summed E-state index contributed by atoms with van der Waals surface area (Å²) in [6.45, 7) is 6.54. The quantitative estimate of drug-likeness (QED) is 0.396. The van der Waals surface area contributed by atoms with Gasteiger partial charge in [0.2, 0.25) is 0 Å². The molecule has 2 nitrogen and oxygen atoms in total. The molecule has 1 atom stereocenters. The molecule has 0 amide bonds. The van der Waals surface area contributed by atoms with Gasteiger partial charge in [0.15, 0.2) is 0 Å². The predicted octanol–water partition coefficient (Wildman–Crippen LogP) is 1.37. The normalized spacial score (nSPS) is 13.9. The van der Waals surface area contributed by atoms with E-state index in [1.54, 1.807) is 0 Å². The summed E-state index contributed by atoms with van der Waals surface area (Å²) in [7, 11) is 0. The highest BCUT2D eigenvalue weighted by Gasteiger charge is 2.13. The van der Waals surface area contributed by atoms with Crippen molar-refractivity contribution in [3.05, 3.63) is 0 Å². The van der Waals surface area contributed by atoms with Crippen LogP contribution in [0, 0.1) is 12.3 Å². The van der Waals surface area contributed by atoms with Crippen LogP contribution in [0.5, 0.6) is 0 Å². The Balaban J connectivity index is 3.67. The van der Waals surface area contributed by atoms with Crippen molar-refractivity contribution in [3.63, 3.8) is 0 Å². The lowest BCUT2D eigenvalue weighted by atomic mass is 10.2. The van der Waals surface area contributed by atoms with Gasteiger partial charge >= 0.3 is 0 Å². The Hall–Kier alpha value is -0.170. The van der Waals surface area contributed by atoms with Gasteiger partial charge in [-0.3, -0.25) is 11.3 Å². The number of hydrogen-bond donors (Lipinski definition) is 2. The van der Waals surface area contributed by atoms with Crippen molar-refractivity contribution in [1.29, 1.82) is 0 Å². The van der Waals surface area contributed by atoms with E-state index in [4.69, 9.17) is 12.3 Å². The van der Waals surface area contributed by atoms with Crippen LogP contribution in [0.3, 0.4) is 0 Å². The minimum atomic E-state index is 0.235. The zero-order chi connectivity index (χ0) is 9.61. The van der Waals surface area contributed by atoms with Crippen LogP contribution in [0.4, 0.5) is 0 Å². The summed E-state index contributed by atoms with van der Waals surface area (Å²) in [6.07, 6.45) is 5.88. The van der Waals surface area contributed by atoms with Gasteiger partial charge in [-0.25, -0.2) is 0 Å². The van der Waals surface area contributed by atoms with Crippen LogP contribution in [-0.2, 0) is 0 Å². The molecule has 0 aliphatic carbocycles. The van der Waals surface area contributed by atoms with Crippen molar-refractivity contribution in [3.8, 4) is 12.3 Å². The molecule has 0 aromatic carbocycles.